The van der Waals surface area contributed by atoms with E-state index in [1.165, 1.54) is 19.4 Å². The molecule has 0 unspecified atom stereocenters. The predicted molar refractivity (Wildman–Crippen MR) is 117 cm³/mol. The van der Waals surface area contributed by atoms with Crippen LogP contribution in [-0.4, -0.2) is 51.5 Å². The molecule has 3 heterocycles. The van der Waals surface area contributed by atoms with Crippen LogP contribution in [0.2, 0.25) is 0 Å². The van der Waals surface area contributed by atoms with Gasteiger partial charge in [-0.15, -0.1) is 0 Å². The summed E-state index contributed by atoms with van der Waals surface area (Å²) < 4.78 is 5.06. The number of methoxy groups -OCH3 is 1. The van der Waals surface area contributed by atoms with Crippen molar-refractivity contribution < 1.29 is 19.1 Å². The Morgan fingerprint density at radius 3 is 2.81 bits per heavy atom. The number of H-pyrrole nitrogens is 1. The quantitative estimate of drug-likeness (QED) is 0.534. The van der Waals surface area contributed by atoms with E-state index in [-0.39, 0.29) is 29.1 Å². The molecule has 1 saturated heterocycles. The van der Waals surface area contributed by atoms with Gasteiger partial charge in [-0.3, -0.25) is 19.5 Å². The summed E-state index contributed by atoms with van der Waals surface area (Å²) in [7, 11) is 1.34. The van der Waals surface area contributed by atoms with Gasteiger partial charge in [0.25, 0.3) is 5.91 Å². The zero-order valence-electron chi connectivity index (χ0n) is 17.8. The summed E-state index contributed by atoms with van der Waals surface area (Å²) in [4.78, 5) is 43.6. The van der Waals surface area contributed by atoms with Crippen LogP contribution in [0.4, 0.5) is 5.69 Å². The minimum Gasteiger partial charge on any atom is -0.480 e. The van der Waals surface area contributed by atoms with Gasteiger partial charge >= 0.3 is 11.8 Å². The fourth-order valence-corrected chi connectivity index (χ4v) is 4.23. The molecule has 3 amide bonds. The number of nitrogens with zero attached hydrogens (tertiary/aromatic N) is 3. The summed E-state index contributed by atoms with van der Waals surface area (Å²) in [5.74, 6) is -2.16. The molecule has 0 saturated carbocycles. The fourth-order valence-electron chi connectivity index (χ4n) is 4.23. The topological polar surface area (TPSA) is 143 Å². The van der Waals surface area contributed by atoms with Gasteiger partial charge in [0, 0.05) is 18.1 Å². The van der Waals surface area contributed by atoms with E-state index in [4.69, 9.17) is 10.5 Å². The van der Waals surface area contributed by atoms with Crippen LogP contribution in [0.15, 0.2) is 36.7 Å². The normalized spacial score (nSPS) is 18.4. The lowest BCUT2D eigenvalue weighted by Gasteiger charge is -2.38. The number of fused-ring (bicyclic) bond motifs is 1. The zero-order valence-corrected chi connectivity index (χ0v) is 17.8. The number of likely N-dealkylation sites (tertiary alicyclic amines) is 1. The van der Waals surface area contributed by atoms with Crippen LogP contribution in [0, 0.1) is 5.92 Å². The van der Waals surface area contributed by atoms with E-state index < -0.39 is 17.7 Å². The van der Waals surface area contributed by atoms with E-state index in [1.807, 2.05) is 25.1 Å². The van der Waals surface area contributed by atoms with Gasteiger partial charge in [0.2, 0.25) is 5.88 Å². The van der Waals surface area contributed by atoms with Crippen molar-refractivity contribution in [1.82, 2.24) is 20.1 Å². The van der Waals surface area contributed by atoms with E-state index in [2.05, 4.69) is 20.5 Å². The number of nitrogens with two attached hydrogens (primary N) is 1. The fraction of sp³-hybridized carbons (Fsp3) is 0.318. The molecule has 0 aliphatic carbocycles. The Hall–Kier alpha value is -3.95. The van der Waals surface area contributed by atoms with Gasteiger partial charge in [0.1, 0.15) is 5.56 Å². The smallest absolute Gasteiger partial charge is 0.313 e. The first kappa shape index (κ1) is 21.3. The molecule has 1 fully saturated rings. The molecule has 1 aliphatic rings. The minimum atomic E-state index is -0.862. The number of aromatic amines is 1. The molecule has 4 N–H and O–H groups in total. The second-order valence-electron chi connectivity index (χ2n) is 7.90. The average molecular weight is 436 g/mol. The highest BCUT2D eigenvalue weighted by Crippen LogP contribution is 2.36. The summed E-state index contributed by atoms with van der Waals surface area (Å²) in [6.07, 6.45) is 4.74. The first-order valence-corrected chi connectivity index (χ1v) is 10.3. The molecule has 1 aromatic carbocycles. The lowest BCUT2D eigenvalue weighted by atomic mass is 9.88. The Morgan fingerprint density at radius 1 is 1.25 bits per heavy atom. The Kier molecular flexibility index (Phi) is 5.76. The number of piperidine rings is 1. The van der Waals surface area contributed by atoms with Crippen LogP contribution < -0.4 is 15.8 Å². The molecule has 2 aromatic heterocycles. The van der Waals surface area contributed by atoms with Crippen LogP contribution >= 0.6 is 0 Å². The van der Waals surface area contributed by atoms with E-state index in [1.54, 1.807) is 11.1 Å². The maximum Gasteiger partial charge on any atom is 0.313 e. The van der Waals surface area contributed by atoms with Crippen LogP contribution in [0.3, 0.4) is 0 Å². The third kappa shape index (κ3) is 3.86. The van der Waals surface area contributed by atoms with Crippen molar-refractivity contribution in [2.75, 3.05) is 19.0 Å². The monoisotopic (exact) mass is 436 g/mol. The number of ether oxygens (including phenoxy) is 1. The summed E-state index contributed by atoms with van der Waals surface area (Å²) >= 11 is 0. The number of pyridine rings is 1. The Labute approximate surface area is 184 Å². The largest absolute Gasteiger partial charge is 0.480 e. The second kappa shape index (κ2) is 8.66. The highest BCUT2D eigenvalue weighted by molar-refractivity contribution is 6.40. The van der Waals surface area contributed by atoms with Crippen molar-refractivity contribution >= 4 is 34.3 Å². The summed E-state index contributed by atoms with van der Waals surface area (Å²) in [5, 5.41) is 10.5. The number of aromatic nitrogens is 3. The number of amides is 3. The Balaban J connectivity index is 1.64. The third-order valence-electron chi connectivity index (χ3n) is 5.75. The lowest BCUT2D eigenvalue weighted by molar-refractivity contribution is -0.146. The van der Waals surface area contributed by atoms with Gasteiger partial charge in [0.05, 0.1) is 30.6 Å². The highest BCUT2D eigenvalue weighted by Gasteiger charge is 2.35. The molecule has 1 aliphatic heterocycles. The van der Waals surface area contributed by atoms with Crippen molar-refractivity contribution in [3.8, 4) is 5.88 Å². The zero-order chi connectivity index (χ0) is 22.8. The summed E-state index contributed by atoms with van der Waals surface area (Å²) in [6.45, 7) is 2.49. The number of rotatable bonds is 4. The number of benzene rings is 1. The van der Waals surface area contributed by atoms with E-state index >= 15 is 0 Å². The number of primary amides is 1. The number of hydrogen-bond donors (Lipinski definition) is 3. The molecule has 32 heavy (non-hydrogen) atoms. The van der Waals surface area contributed by atoms with Crippen molar-refractivity contribution in [1.29, 1.82) is 0 Å². The first-order valence-electron chi connectivity index (χ1n) is 10.3. The molecule has 10 nitrogen and oxygen atoms in total. The molecule has 10 heteroatoms. The lowest BCUT2D eigenvalue weighted by Crippen LogP contribution is -2.46. The number of hydrogen-bond acceptors (Lipinski definition) is 6. The second-order valence-corrected chi connectivity index (χ2v) is 7.90. The standard InChI is InChI=1S/C22H24N6O4/c1-12-6-7-17(13-4-3-5-15-14(13)10-25-27-15)28(11-12)22(31)20(30)26-16-8-9-24-21(32-2)18(16)19(23)29/h3-5,8-10,12,17H,6-7,11H2,1-2H3,(H2,23,29)(H,25,27)(H,24,26,30)/t12-,17+/m0/s1. The maximum atomic E-state index is 13.3. The van der Waals surface area contributed by atoms with E-state index in [0.29, 0.717) is 6.54 Å². The van der Waals surface area contributed by atoms with Gasteiger partial charge in [-0.25, -0.2) is 4.98 Å². The molecule has 2 atom stereocenters. The Morgan fingerprint density at radius 2 is 2.06 bits per heavy atom. The first-order chi connectivity index (χ1) is 15.4. The molecule has 4 rings (SSSR count). The van der Waals surface area contributed by atoms with Crippen molar-refractivity contribution in [2.45, 2.75) is 25.8 Å². The van der Waals surface area contributed by atoms with Gasteiger partial charge in [-0.1, -0.05) is 19.1 Å². The van der Waals surface area contributed by atoms with Crippen molar-refractivity contribution in [2.24, 2.45) is 11.7 Å². The number of carbonyl (C=O) groups excluding carboxylic acids is 3. The average Bonchev–Trinajstić information content (AvgIpc) is 3.27. The number of carbonyl (C=O) groups is 3. The Bertz CT molecular complexity index is 1190. The van der Waals surface area contributed by atoms with Gasteiger partial charge in [-0.2, -0.15) is 5.10 Å². The predicted octanol–water partition coefficient (Wildman–Crippen LogP) is 2.00. The van der Waals surface area contributed by atoms with Crippen LogP contribution in [0.1, 0.15) is 41.7 Å². The van der Waals surface area contributed by atoms with Crippen LogP contribution in [-0.2, 0) is 9.59 Å². The molecule has 3 aromatic rings. The molecule has 0 spiro atoms. The molecule has 0 bridgehead atoms. The van der Waals surface area contributed by atoms with Crippen molar-refractivity contribution in [3.63, 3.8) is 0 Å². The molecular weight excluding hydrogens is 412 g/mol. The molecular formula is C22H24N6O4. The third-order valence-corrected chi connectivity index (χ3v) is 5.75. The van der Waals surface area contributed by atoms with Crippen LogP contribution in [0.5, 0.6) is 5.88 Å². The van der Waals surface area contributed by atoms with E-state index in [9.17, 15) is 14.4 Å². The van der Waals surface area contributed by atoms with E-state index in [0.717, 1.165) is 29.3 Å². The maximum absolute atomic E-state index is 13.3. The van der Waals surface area contributed by atoms with Gasteiger partial charge in [0.15, 0.2) is 0 Å². The minimum absolute atomic E-state index is 0.0288. The molecule has 0 radical (unpaired) electrons. The SMILES string of the molecule is COc1nccc(NC(=O)C(=O)N2C[C@@H](C)CC[C@@H]2c2cccc3[nH]ncc23)c1C(N)=O. The summed E-state index contributed by atoms with van der Waals surface area (Å²) in [6, 6.07) is 6.90. The van der Waals surface area contributed by atoms with Gasteiger partial charge < -0.3 is 20.7 Å². The van der Waals surface area contributed by atoms with Crippen molar-refractivity contribution in [3.05, 3.63) is 47.8 Å². The molecule has 166 valence electrons. The number of anilines is 1. The van der Waals surface area contributed by atoms with Gasteiger partial charge in [-0.05, 0) is 36.5 Å². The highest BCUT2D eigenvalue weighted by atomic mass is 16.5. The number of nitrogens with one attached hydrogen (secondary N) is 2. The summed E-state index contributed by atoms with van der Waals surface area (Å²) in [5.41, 5.74) is 7.21. The van der Waals surface area contributed by atoms with Crippen LogP contribution in [0.25, 0.3) is 10.9 Å².